The molecular weight excluding hydrogens is 198 g/mol. The van der Waals surface area contributed by atoms with E-state index in [0.717, 1.165) is 31.4 Å². The van der Waals surface area contributed by atoms with Gasteiger partial charge in [-0.3, -0.25) is 0 Å². The van der Waals surface area contributed by atoms with Gasteiger partial charge in [-0.25, -0.2) is 4.98 Å². The maximum Gasteiger partial charge on any atom is 0.131 e. The number of rotatable bonds is 3. The second-order valence-corrected chi connectivity index (χ2v) is 4.03. The third-order valence-electron chi connectivity index (χ3n) is 2.47. The summed E-state index contributed by atoms with van der Waals surface area (Å²) in [6, 6.07) is 5.74. The Bertz CT molecular complexity index is 310. The summed E-state index contributed by atoms with van der Waals surface area (Å²) < 4.78 is 0. The first-order valence-corrected chi connectivity index (χ1v) is 5.19. The Morgan fingerprint density at radius 3 is 3.00 bits per heavy atom. The Balaban J connectivity index is 1.93. The highest BCUT2D eigenvalue weighted by Gasteiger charge is 2.26. The summed E-state index contributed by atoms with van der Waals surface area (Å²) >= 11 is 5.82. The second-order valence-electron chi connectivity index (χ2n) is 3.65. The monoisotopic (exact) mass is 211 g/mol. The fourth-order valence-electron chi connectivity index (χ4n) is 1.75. The van der Waals surface area contributed by atoms with Gasteiger partial charge in [0.15, 0.2) is 0 Å². The van der Waals surface area contributed by atoms with Crippen molar-refractivity contribution in [3.8, 4) is 0 Å². The van der Waals surface area contributed by atoms with E-state index in [1.54, 1.807) is 6.07 Å². The molecule has 76 valence electrons. The molecule has 0 radical (unpaired) electrons. The third kappa shape index (κ3) is 1.99. The molecule has 2 heterocycles. The molecule has 0 spiro atoms. The predicted octanol–water partition coefficient (Wildman–Crippen LogP) is 1.39. The standard InChI is InChI=1S/C10H14ClN3/c1-12-5-8-6-14(7-8)10-4-2-3-9(11)13-10/h2-4,8,12H,5-7H2,1H3. The van der Waals surface area contributed by atoms with Crippen LogP contribution in [0.15, 0.2) is 18.2 Å². The zero-order chi connectivity index (χ0) is 9.97. The van der Waals surface area contributed by atoms with Crippen LogP contribution >= 0.6 is 11.6 Å². The molecule has 0 unspecified atom stereocenters. The molecule has 0 aliphatic carbocycles. The zero-order valence-electron chi connectivity index (χ0n) is 8.20. The molecule has 1 N–H and O–H groups in total. The highest BCUT2D eigenvalue weighted by atomic mass is 35.5. The average Bonchev–Trinajstić information content (AvgIpc) is 2.10. The summed E-state index contributed by atoms with van der Waals surface area (Å²) in [5.74, 6) is 1.74. The molecule has 0 bridgehead atoms. The topological polar surface area (TPSA) is 28.2 Å². The first-order valence-electron chi connectivity index (χ1n) is 4.81. The first-order chi connectivity index (χ1) is 6.79. The minimum Gasteiger partial charge on any atom is -0.356 e. The van der Waals surface area contributed by atoms with Crippen molar-refractivity contribution in [3.05, 3.63) is 23.4 Å². The summed E-state index contributed by atoms with van der Waals surface area (Å²) in [5.41, 5.74) is 0. The molecule has 2 rings (SSSR count). The Morgan fingerprint density at radius 1 is 1.57 bits per heavy atom. The van der Waals surface area contributed by atoms with Crippen LogP contribution in [0.3, 0.4) is 0 Å². The number of halogens is 1. The zero-order valence-corrected chi connectivity index (χ0v) is 8.96. The Kier molecular flexibility index (Phi) is 2.89. The molecular formula is C10H14ClN3. The number of hydrogen-bond donors (Lipinski definition) is 1. The van der Waals surface area contributed by atoms with Crippen molar-refractivity contribution in [1.29, 1.82) is 0 Å². The van der Waals surface area contributed by atoms with Gasteiger partial charge in [-0.05, 0) is 19.2 Å². The van der Waals surface area contributed by atoms with E-state index in [4.69, 9.17) is 11.6 Å². The number of anilines is 1. The molecule has 14 heavy (non-hydrogen) atoms. The van der Waals surface area contributed by atoms with Crippen LogP contribution in [0, 0.1) is 5.92 Å². The van der Waals surface area contributed by atoms with Gasteiger partial charge >= 0.3 is 0 Å². The molecule has 1 aliphatic rings. The number of hydrogen-bond acceptors (Lipinski definition) is 3. The van der Waals surface area contributed by atoms with Crippen LogP contribution < -0.4 is 10.2 Å². The molecule has 1 fully saturated rings. The lowest BCUT2D eigenvalue weighted by Crippen LogP contribution is -2.50. The highest BCUT2D eigenvalue weighted by Crippen LogP contribution is 2.23. The fraction of sp³-hybridized carbons (Fsp3) is 0.500. The molecule has 1 aromatic heterocycles. The molecule has 0 atom stereocenters. The molecule has 4 heteroatoms. The third-order valence-corrected chi connectivity index (χ3v) is 2.68. The largest absolute Gasteiger partial charge is 0.356 e. The summed E-state index contributed by atoms with van der Waals surface area (Å²) in [6.07, 6.45) is 0. The van der Waals surface area contributed by atoms with Gasteiger partial charge in [0.2, 0.25) is 0 Å². The molecule has 1 aromatic rings. The Morgan fingerprint density at radius 2 is 2.36 bits per heavy atom. The predicted molar refractivity (Wildman–Crippen MR) is 58.9 cm³/mol. The van der Waals surface area contributed by atoms with E-state index in [1.165, 1.54) is 0 Å². The van der Waals surface area contributed by atoms with Crippen molar-refractivity contribution in [3.63, 3.8) is 0 Å². The summed E-state index contributed by atoms with van der Waals surface area (Å²) in [7, 11) is 1.99. The number of aromatic nitrogens is 1. The average molecular weight is 212 g/mol. The Hall–Kier alpha value is -0.800. The van der Waals surface area contributed by atoms with Crippen LogP contribution in [0.2, 0.25) is 5.15 Å². The lowest BCUT2D eigenvalue weighted by molar-refractivity contribution is 0.394. The van der Waals surface area contributed by atoms with Crippen molar-refractivity contribution in [2.75, 3.05) is 31.6 Å². The number of nitrogens with one attached hydrogen (secondary N) is 1. The van der Waals surface area contributed by atoms with Crippen LogP contribution in [0.5, 0.6) is 0 Å². The minimum absolute atomic E-state index is 0.569. The smallest absolute Gasteiger partial charge is 0.131 e. The van der Waals surface area contributed by atoms with Gasteiger partial charge in [0.25, 0.3) is 0 Å². The van der Waals surface area contributed by atoms with E-state index in [9.17, 15) is 0 Å². The maximum absolute atomic E-state index is 5.82. The van der Waals surface area contributed by atoms with Crippen molar-refractivity contribution < 1.29 is 0 Å². The van der Waals surface area contributed by atoms with Crippen LogP contribution in [0.25, 0.3) is 0 Å². The molecule has 0 saturated carbocycles. The van der Waals surface area contributed by atoms with E-state index >= 15 is 0 Å². The van der Waals surface area contributed by atoms with Crippen molar-refractivity contribution in [2.45, 2.75) is 0 Å². The van der Waals surface area contributed by atoms with Gasteiger partial charge in [0.1, 0.15) is 11.0 Å². The molecule has 0 aromatic carbocycles. The number of pyridine rings is 1. The normalized spacial score (nSPS) is 16.9. The van der Waals surface area contributed by atoms with Crippen LogP contribution in [0.4, 0.5) is 5.82 Å². The summed E-state index contributed by atoms with van der Waals surface area (Å²) in [6.45, 7) is 3.24. The lowest BCUT2D eigenvalue weighted by atomic mass is 10.0. The molecule has 0 amide bonds. The first kappa shape index (κ1) is 9.74. The van der Waals surface area contributed by atoms with Gasteiger partial charge in [-0.15, -0.1) is 0 Å². The fourth-order valence-corrected chi connectivity index (χ4v) is 1.91. The van der Waals surface area contributed by atoms with E-state index in [2.05, 4.69) is 15.2 Å². The summed E-state index contributed by atoms with van der Waals surface area (Å²) in [5, 5.41) is 3.75. The van der Waals surface area contributed by atoms with Crippen LogP contribution in [-0.2, 0) is 0 Å². The Labute approximate surface area is 89.1 Å². The van der Waals surface area contributed by atoms with Crippen LogP contribution in [-0.4, -0.2) is 31.7 Å². The van der Waals surface area contributed by atoms with E-state index in [0.29, 0.717) is 5.15 Å². The quantitative estimate of drug-likeness (QED) is 0.766. The van der Waals surface area contributed by atoms with Crippen molar-refractivity contribution in [2.24, 2.45) is 5.92 Å². The van der Waals surface area contributed by atoms with Crippen LogP contribution in [0.1, 0.15) is 0 Å². The van der Waals surface area contributed by atoms with Gasteiger partial charge in [-0.2, -0.15) is 0 Å². The van der Waals surface area contributed by atoms with Gasteiger partial charge in [-0.1, -0.05) is 17.7 Å². The van der Waals surface area contributed by atoms with E-state index in [1.807, 2.05) is 19.2 Å². The summed E-state index contributed by atoms with van der Waals surface area (Å²) in [4.78, 5) is 6.50. The SMILES string of the molecule is CNCC1CN(c2cccc(Cl)n2)C1. The minimum atomic E-state index is 0.569. The maximum atomic E-state index is 5.82. The van der Waals surface area contributed by atoms with Gasteiger partial charge in [0.05, 0.1) is 0 Å². The molecule has 1 aliphatic heterocycles. The van der Waals surface area contributed by atoms with E-state index < -0.39 is 0 Å². The molecule has 1 saturated heterocycles. The van der Waals surface area contributed by atoms with Gasteiger partial charge < -0.3 is 10.2 Å². The number of nitrogens with zero attached hydrogens (tertiary/aromatic N) is 2. The van der Waals surface area contributed by atoms with Crippen molar-refractivity contribution >= 4 is 17.4 Å². The second kappa shape index (κ2) is 4.15. The van der Waals surface area contributed by atoms with Gasteiger partial charge in [0, 0.05) is 25.6 Å². The van der Waals surface area contributed by atoms with E-state index in [-0.39, 0.29) is 0 Å². The lowest BCUT2D eigenvalue weighted by Gasteiger charge is -2.40. The molecule has 3 nitrogen and oxygen atoms in total. The highest BCUT2D eigenvalue weighted by molar-refractivity contribution is 6.29. The van der Waals surface area contributed by atoms with Crippen molar-refractivity contribution in [1.82, 2.24) is 10.3 Å².